The first-order chi connectivity index (χ1) is 9.13. The van der Waals surface area contributed by atoms with Gasteiger partial charge in [-0.3, -0.25) is 4.90 Å². The molecule has 0 aromatic rings. The van der Waals surface area contributed by atoms with Gasteiger partial charge in [-0.15, -0.1) is 11.6 Å². The minimum absolute atomic E-state index is 0.190. The number of carbonyl (C=O) groups excluding carboxylic acids is 1. The molecule has 1 saturated heterocycles. The molecule has 0 spiro atoms. The molecular weight excluding hydrogens is 264 g/mol. The van der Waals surface area contributed by atoms with E-state index in [2.05, 4.69) is 4.90 Å². The second-order valence-corrected chi connectivity index (χ2v) is 6.66. The average molecular weight is 289 g/mol. The molecule has 0 aromatic carbocycles. The summed E-state index contributed by atoms with van der Waals surface area (Å²) in [6, 6.07) is 0. The van der Waals surface area contributed by atoms with Gasteiger partial charge in [0.25, 0.3) is 0 Å². The van der Waals surface area contributed by atoms with E-state index >= 15 is 0 Å². The quantitative estimate of drug-likeness (QED) is 0.669. The van der Waals surface area contributed by atoms with E-state index in [1.807, 2.05) is 0 Å². The van der Waals surface area contributed by atoms with Gasteiger partial charge in [0.05, 0.1) is 19.6 Å². The predicted octanol–water partition coefficient (Wildman–Crippen LogP) is -0.875. The molecule has 2 aliphatic rings. The Kier molecular flexibility index (Phi) is 5.92. The van der Waals surface area contributed by atoms with Gasteiger partial charge in [-0.2, -0.15) is 0 Å². The minimum Gasteiger partial charge on any atom is -0.550 e. The zero-order valence-corrected chi connectivity index (χ0v) is 12.3. The van der Waals surface area contributed by atoms with Gasteiger partial charge in [0.15, 0.2) is 0 Å². The SMILES string of the molecule is O=C([O-])CC[NH+]1CCN(CC2CCC(Cl)CC2)CC1. The standard InChI is InChI=1S/C14H25ClN2O2/c15-13-3-1-12(2-4-13)11-17-9-7-16(8-10-17)6-5-14(18)19/h12-13H,1-11H2,(H,18,19). The largest absolute Gasteiger partial charge is 0.550 e. The van der Waals surface area contributed by atoms with E-state index in [9.17, 15) is 9.90 Å². The molecule has 2 rings (SSSR count). The van der Waals surface area contributed by atoms with Crippen LogP contribution in [0.25, 0.3) is 0 Å². The highest BCUT2D eigenvalue weighted by molar-refractivity contribution is 6.20. The maximum atomic E-state index is 10.4. The Labute approximate surface area is 120 Å². The van der Waals surface area contributed by atoms with Gasteiger partial charge in [0, 0.05) is 37.4 Å². The van der Waals surface area contributed by atoms with Gasteiger partial charge in [0.2, 0.25) is 0 Å². The van der Waals surface area contributed by atoms with Crippen molar-refractivity contribution in [3.63, 3.8) is 0 Å². The molecule has 0 amide bonds. The van der Waals surface area contributed by atoms with Crippen LogP contribution in [0.5, 0.6) is 0 Å². The Morgan fingerprint density at radius 1 is 1.21 bits per heavy atom. The zero-order valence-electron chi connectivity index (χ0n) is 11.6. The van der Waals surface area contributed by atoms with Gasteiger partial charge in [-0.1, -0.05) is 0 Å². The topological polar surface area (TPSA) is 47.8 Å². The van der Waals surface area contributed by atoms with E-state index in [1.165, 1.54) is 37.1 Å². The van der Waals surface area contributed by atoms with Crippen molar-refractivity contribution in [3.05, 3.63) is 0 Å². The molecule has 5 heteroatoms. The molecule has 110 valence electrons. The van der Waals surface area contributed by atoms with Crippen molar-refractivity contribution < 1.29 is 14.8 Å². The molecule has 19 heavy (non-hydrogen) atoms. The van der Waals surface area contributed by atoms with Gasteiger partial charge >= 0.3 is 0 Å². The third-order valence-corrected chi connectivity index (χ3v) is 4.97. The normalized spacial score (nSPS) is 30.4. The highest BCUT2D eigenvalue weighted by Crippen LogP contribution is 2.28. The lowest BCUT2D eigenvalue weighted by Crippen LogP contribution is -3.14. The molecule has 1 N–H and O–H groups in total. The number of hydrogen-bond donors (Lipinski definition) is 1. The van der Waals surface area contributed by atoms with E-state index in [0.717, 1.165) is 32.1 Å². The fraction of sp³-hybridized carbons (Fsp3) is 0.929. The number of alkyl halides is 1. The van der Waals surface area contributed by atoms with E-state index in [0.29, 0.717) is 11.9 Å². The number of aliphatic carboxylic acids is 1. The number of carboxylic acids is 1. The van der Waals surface area contributed by atoms with Gasteiger partial charge in [-0.05, 0) is 31.6 Å². The van der Waals surface area contributed by atoms with Crippen molar-refractivity contribution in [1.29, 1.82) is 0 Å². The maximum Gasteiger partial charge on any atom is 0.0900 e. The summed E-state index contributed by atoms with van der Waals surface area (Å²) < 4.78 is 0. The lowest BCUT2D eigenvalue weighted by atomic mass is 9.88. The molecule has 1 heterocycles. The van der Waals surface area contributed by atoms with E-state index in [1.54, 1.807) is 0 Å². The van der Waals surface area contributed by atoms with Crippen LogP contribution in [-0.2, 0) is 4.79 Å². The van der Waals surface area contributed by atoms with Crippen molar-refractivity contribution in [1.82, 2.24) is 4.90 Å². The summed E-state index contributed by atoms with van der Waals surface area (Å²) in [6.45, 7) is 6.26. The van der Waals surface area contributed by atoms with Crippen LogP contribution in [0.2, 0.25) is 0 Å². The number of rotatable bonds is 5. The van der Waals surface area contributed by atoms with Crippen LogP contribution >= 0.6 is 11.6 Å². The number of quaternary nitrogens is 1. The summed E-state index contributed by atoms with van der Waals surface area (Å²) in [5.41, 5.74) is 0. The Morgan fingerprint density at radius 2 is 1.84 bits per heavy atom. The smallest absolute Gasteiger partial charge is 0.0900 e. The summed E-state index contributed by atoms with van der Waals surface area (Å²) in [4.78, 5) is 14.4. The summed E-state index contributed by atoms with van der Waals surface area (Å²) in [7, 11) is 0. The number of hydrogen-bond acceptors (Lipinski definition) is 3. The van der Waals surface area contributed by atoms with Crippen LogP contribution in [0.3, 0.4) is 0 Å². The van der Waals surface area contributed by atoms with E-state index in [-0.39, 0.29) is 6.42 Å². The number of carboxylic acid groups (broad SMARTS) is 1. The average Bonchev–Trinajstić information content (AvgIpc) is 2.40. The molecule has 0 bridgehead atoms. The number of halogens is 1. The number of nitrogens with zero attached hydrogens (tertiary/aromatic N) is 1. The van der Waals surface area contributed by atoms with Crippen LogP contribution in [0.15, 0.2) is 0 Å². The van der Waals surface area contributed by atoms with Gasteiger partial charge in [-0.25, -0.2) is 0 Å². The van der Waals surface area contributed by atoms with Crippen molar-refractivity contribution >= 4 is 17.6 Å². The maximum absolute atomic E-state index is 10.4. The van der Waals surface area contributed by atoms with Crippen LogP contribution in [0, 0.1) is 5.92 Å². The van der Waals surface area contributed by atoms with E-state index in [4.69, 9.17) is 11.6 Å². The van der Waals surface area contributed by atoms with Crippen LogP contribution in [0.1, 0.15) is 32.1 Å². The Morgan fingerprint density at radius 3 is 2.42 bits per heavy atom. The monoisotopic (exact) mass is 288 g/mol. The van der Waals surface area contributed by atoms with Crippen molar-refractivity contribution in [2.24, 2.45) is 5.92 Å². The van der Waals surface area contributed by atoms with Crippen LogP contribution < -0.4 is 10.0 Å². The number of carbonyl (C=O) groups is 1. The third kappa shape index (κ3) is 5.28. The summed E-state index contributed by atoms with van der Waals surface area (Å²) in [5, 5.41) is 10.9. The van der Waals surface area contributed by atoms with E-state index < -0.39 is 5.97 Å². The van der Waals surface area contributed by atoms with Gasteiger partial charge in [0.1, 0.15) is 0 Å². The third-order valence-electron chi connectivity index (χ3n) is 4.54. The number of nitrogens with one attached hydrogen (secondary N) is 1. The fourth-order valence-corrected chi connectivity index (χ4v) is 3.50. The first-order valence-corrected chi connectivity index (χ1v) is 7.97. The predicted molar refractivity (Wildman–Crippen MR) is 73.2 cm³/mol. The first kappa shape index (κ1) is 15.1. The Balaban J connectivity index is 1.62. The van der Waals surface area contributed by atoms with Crippen LogP contribution in [0.4, 0.5) is 0 Å². The molecule has 1 aliphatic heterocycles. The lowest BCUT2D eigenvalue weighted by Gasteiger charge is -2.35. The zero-order chi connectivity index (χ0) is 13.7. The minimum atomic E-state index is -0.923. The Hall–Kier alpha value is -0.320. The molecule has 0 unspecified atom stereocenters. The summed E-state index contributed by atoms with van der Waals surface area (Å²) >= 11 is 6.13. The lowest BCUT2D eigenvalue weighted by molar-refractivity contribution is -0.904. The summed E-state index contributed by atoms with van der Waals surface area (Å²) in [5.74, 6) is -0.104. The molecule has 0 atom stereocenters. The van der Waals surface area contributed by atoms with Crippen molar-refractivity contribution in [2.45, 2.75) is 37.5 Å². The second-order valence-electron chi connectivity index (χ2n) is 6.04. The second kappa shape index (κ2) is 7.46. The molecule has 2 fully saturated rings. The molecule has 0 radical (unpaired) electrons. The molecule has 1 saturated carbocycles. The van der Waals surface area contributed by atoms with Gasteiger partial charge < -0.3 is 14.8 Å². The summed E-state index contributed by atoms with van der Waals surface area (Å²) in [6.07, 6.45) is 5.07. The highest BCUT2D eigenvalue weighted by Gasteiger charge is 2.25. The fourth-order valence-electron chi connectivity index (χ4n) is 3.25. The highest BCUT2D eigenvalue weighted by atomic mass is 35.5. The molecular formula is C14H25ClN2O2. The van der Waals surface area contributed by atoms with Crippen molar-refractivity contribution in [2.75, 3.05) is 39.3 Å². The molecule has 4 nitrogen and oxygen atoms in total. The Bertz CT molecular complexity index is 285. The molecule has 0 aromatic heterocycles. The van der Waals surface area contributed by atoms with Crippen LogP contribution in [-0.4, -0.2) is 55.5 Å². The number of piperazine rings is 1. The molecule has 1 aliphatic carbocycles. The first-order valence-electron chi connectivity index (χ1n) is 7.53. The van der Waals surface area contributed by atoms with Crippen molar-refractivity contribution in [3.8, 4) is 0 Å².